The molecule has 1 rings (SSSR count). The number of hydrogen-bond acceptors (Lipinski definition) is 1. The Morgan fingerprint density at radius 1 is 1.42 bits per heavy atom. The van der Waals surface area contributed by atoms with Gasteiger partial charge >= 0.3 is 0 Å². The molecule has 0 saturated carbocycles. The molecule has 0 aliphatic carbocycles. The van der Waals surface area contributed by atoms with Crippen LogP contribution in [-0.4, -0.2) is 0 Å². The van der Waals surface area contributed by atoms with E-state index >= 15 is 0 Å². The highest BCUT2D eigenvalue weighted by Crippen LogP contribution is 2.29. The second kappa shape index (κ2) is 3.31. The van der Waals surface area contributed by atoms with Crippen molar-refractivity contribution in [3.8, 4) is 0 Å². The summed E-state index contributed by atoms with van der Waals surface area (Å²) in [5.41, 5.74) is 6.56. The molecule has 2 N–H and O–H groups in total. The van der Waals surface area contributed by atoms with Gasteiger partial charge in [0, 0.05) is 11.3 Å². The number of hydrogen-bond donors (Lipinski definition) is 1. The van der Waals surface area contributed by atoms with Crippen molar-refractivity contribution in [2.24, 2.45) is 0 Å². The normalized spacial score (nSPS) is 10.8. The average molecular weight is 188 g/mol. The predicted octanol–water partition coefficient (Wildman–Crippen LogP) is 3.18. The van der Waals surface area contributed by atoms with E-state index in [4.69, 9.17) is 17.3 Å². The van der Waals surface area contributed by atoms with Crippen molar-refractivity contribution >= 4 is 17.3 Å². The Morgan fingerprint density at radius 3 is 2.42 bits per heavy atom. The van der Waals surface area contributed by atoms with Gasteiger partial charge in [0.05, 0.1) is 5.02 Å². The fourth-order valence-corrected chi connectivity index (χ4v) is 1.33. The first kappa shape index (κ1) is 9.33. The van der Waals surface area contributed by atoms with Crippen LogP contribution in [0, 0.1) is 5.82 Å². The van der Waals surface area contributed by atoms with E-state index in [1.807, 2.05) is 13.8 Å². The summed E-state index contributed by atoms with van der Waals surface area (Å²) in [5, 5.41) is 0.132. The number of rotatable bonds is 1. The average Bonchev–Trinajstić information content (AvgIpc) is 1.97. The lowest BCUT2D eigenvalue weighted by atomic mass is 10.0. The summed E-state index contributed by atoms with van der Waals surface area (Å²) in [5.74, 6) is -0.338. The van der Waals surface area contributed by atoms with Gasteiger partial charge in [0.2, 0.25) is 0 Å². The van der Waals surface area contributed by atoms with Gasteiger partial charge in [-0.2, -0.15) is 0 Å². The first-order valence-electron chi connectivity index (χ1n) is 3.77. The van der Waals surface area contributed by atoms with Crippen LogP contribution < -0.4 is 5.73 Å². The molecule has 0 saturated heterocycles. The Labute approximate surface area is 76.3 Å². The molecule has 0 fully saturated rings. The van der Waals surface area contributed by atoms with Crippen molar-refractivity contribution in [1.82, 2.24) is 0 Å². The Kier molecular flexibility index (Phi) is 2.58. The summed E-state index contributed by atoms with van der Waals surface area (Å²) < 4.78 is 13.3. The third-order valence-corrected chi connectivity index (χ3v) is 2.04. The summed E-state index contributed by atoms with van der Waals surface area (Å²) in [6.45, 7) is 3.76. The summed E-state index contributed by atoms with van der Waals surface area (Å²) in [4.78, 5) is 0. The maximum atomic E-state index is 13.3. The molecule has 0 heterocycles. The summed E-state index contributed by atoms with van der Waals surface area (Å²) >= 11 is 5.60. The first-order chi connectivity index (χ1) is 5.54. The second-order valence-electron chi connectivity index (χ2n) is 3.02. The lowest BCUT2D eigenvalue weighted by molar-refractivity contribution is 0.600. The first-order valence-corrected chi connectivity index (χ1v) is 4.15. The number of halogens is 2. The maximum Gasteiger partial charge on any atom is 0.147 e. The number of nitrogen functional groups attached to an aromatic ring is 1. The maximum absolute atomic E-state index is 13.3. The molecule has 66 valence electrons. The monoisotopic (exact) mass is 187 g/mol. The Bertz CT molecular complexity index is 297. The summed E-state index contributed by atoms with van der Waals surface area (Å²) in [6.07, 6.45) is 0. The fraction of sp³-hybridized carbons (Fsp3) is 0.333. The molecule has 0 aliphatic heterocycles. The quantitative estimate of drug-likeness (QED) is 0.672. The lowest BCUT2D eigenvalue weighted by Crippen LogP contribution is -2.00. The molecule has 0 bridgehead atoms. The minimum Gasteiger partial charge on any atom is -0.398 e. The van der Waals surface area contributed by atoms with Gasteiger partial charge in [0.25, 0.3) is 0 Å². The molecule has 0 atom stereocenters. The molecule has 0 aromatic heterocycles. The van der Waals surface area contributed by atoms with Crippen LogP contribution in [0.4, 0.5) is 10.1 Å². The van der Waals surface area contributed by atoms with Crippen LogP contribution in [0.5, 0.6) is 0 Å². The predicted molar refractivity (Wildman–Crippen MR) is 49.9 cm³/mol. The van der Waals surface area contributed by atoms with E-state index in [1.54, 1.807) is 6.07 Å². The van der Waals surface area contributed by atoms with E-state index in [-0.39, 0.29) is 10.9 Å². The Balaban J connectivity index is 3.33. The van der Waals surface area contributed by atoms with Gasteiger partial charge in [-0.3, -0.25) is 0 Å². The van der Waals surface area contributed by atoms with Gasteiger partial charge in [-0.15, -0.1) is 0 Å². The highest BCUT2D eigenvalue weighted by Gasteiger charge is 2.12. The van der Waals surface area contributed by atoms with Crippen LogP contribution in [0.2, 0.25) is 5.02 Å². The van der Waals surface area contributed by atoms with E-state index in [9.17, 15) is 4.39 Å². The Hall–Kier alpha value is -0.760. The lowest BCUT2D eigenvalue weighted by Gasteiger charge is -2.10. The summed E-state index contributed by atoms with van der Waals surface area (Å²) in [6, 6.07) is 3.10. The van der Waals surface area contributed by atoms with Crippen molar-refractivity contribution in [1.29, 1.82) is 0 Å². The second-order valence-corrected chi connectivity index (χ2v) is 3.43. The van der Waals surface area contributed by atoms with Gasteiger partial charge in [0.15, 0.2) is 0 Å². The van der Waals surface area contributed by atoms with Crippen LogP contribution >= 0.6 is 11.6 Å². The van der Waals surface area contributed by atoms with E-state index in [2.05, 4.69) is 0 Å². The van der Waals surface area contributed by atoms with Gasteiger partial charge in [0.1, 0.15) is 5.82 Å². The molecule has 1 nitrogen and oxygen atoms in total. The van der Waals surface area contributed by atoms with Crippen molar-refractivity contribution in [3.63, 3.8) is 0 Å². The zero-order valence-electron chi connectivity index (χ0n) is 7.07. The SMILES string of the molecule is CC(C)c1c(N)ccc(Cl)c1F. The molecule has 0 aliphatic rings. The zero-order chi connectivity index (χ0) is 9.30. The highest BCUT2D eigenvalue weighted by atomic mass is 35.5. The molecule has 12 heavy (non-hydrogen) atoms. The largest absolute Gasteiger partial charge is 0.398 e. The van der Waals surface area contributed by atoms with Crippen LogP contribution in [0.25, 0.3) is 0 Å². The van der Waals surface area contributed by atoms with E-state index in [0.29, 0.717) is 11.3 Å². The molecular formula is C9H11ClFN. The molecule has 0 unspecified atom stereocenters. The van der Waals surface area contributed by atoms with E-state index < -0.39 is 5.82 Å². The molecule has 1 aromatic rings. The van der Waals surface area contributed by atoms with Crippen molar-refractivity contribution in [2.75, 3.05) is 5.73 Å². The topological polar surface area (TPSA) is 26.0 Å². The van der Waals surface area contributed by atoms with E-state index in [1.165, 1.54) is 6.07 Å². The smallest absolute Gasteiger partial charge is 0.147 e. The number of anilines is 1. The molecular weight excluding hydrogens is 177 g/mol. The van der Waals surface area contributed by atoms with Crippen molar-refractivity contribution in [3.05, 3.63) is 28.5 Å². The van der Waals surface area contributed by atoms with Crippen molar-refractivity contribution < 1.29 is 4.39 Å². The zero-order valence-corrected chi connectivity index (χ0v) is 7.82. The van der Waals surface area contributed by atoms with Crippen LogP contribution in [0.15, 0.2) is 12.1 Å². The van der Waals surface area contributed by atoms with Crippen LogP contribution in [-0.2, 0) is 0 Å². The number of nitrogens with two attached hydrogens (primary N) is 1. The minimum atomic E-state index is -0.397. The molecule has 1 aromatic carbocycles. The van der Waals surface area contributed by atoms with Gasteiger partial charge in [-0.25, -0.2) is 4.39 Å². The van der Waals surface area contributed by atoms with Crippen LogP contribution in [0.3, 0.4) is 0 Å². The summed E-state index contributed by atoms with van der Waals surface area (Å²) in [7, 11) is 0. The van der Waals surface area contributed by atoms with Gasteiger partial charge in [-0.1, -0.05) is 25.4 Å². The Morgan fingerprint density at radius 2 is 2.00 bits per heavy atom. The van der Waals surface area contributed by atoms with Crippen molar-refractivity contribution in [2.45, 2.75) is 19.8 Å². The fourth-order valence-electron chi connectivity index (χ4n) is 1.17. The van der Waals surface area contributed by atoms with E-state index in [0.717, 1.165) is 0 Å². The molecule has 0 spiro atoms. The van der Waals surface area contributed by atoms with Gasteiger partial charge < -0.3 is 5.73 Å². The molecule has 3 heteroatoms. The van der Waals surface area contributed by atoms with Crippen LogP contribution in [0.1, 0.15) is 25.3 Å². The molecule has 0 amide bonds. The standard InChI is InChI=1S/C9H11ClFN/c1-5(2)8-7(12)4-3-6(10)9(8)11/h3-5H,12H2,1-2H3. The third kappa shape index (κ3) is 1.53. The highest BCUT2D eigenvalue weighted by molar-refractivity contribution is 6.30. The third-order valence-electron chi connectivity index (χ3n) is 1.74. The van der Waals surface area contributed by atoms with Gasteiger partial charge in [-0.05, 0) is 18.1 Å². The molecule has 0 radical (unpaired) electrons. The minimum absolute atomic E-state index is 0.0590. The number of benzene rings is 1.